The SMILES string of the molecule is CN(C)c1ccc(-c2ccc3ccc4cccnc4c3n2)cc1. The summed E-state index contributed by atoms with van der Waals surface area (Å²) in [5.41, 5.74) is 5.18. The van der Waals surface area contributed by atoms with Crippen LogP contribution in [-0.2, 0) is 0 Å². The van der Waals surface area contributed by atoms with E-state index in [4.69, 9.17) is 4.98 Å². The number of nitrogens with zero attached hydrogens (tertiary/aromatic N) is 3. The van der Waals surface area contributed by atoms with Crippen molar-refractivity contribution < 1.29 is 0 Å². The summed E-state index contributed by atoms with van der Waals surface area (Å²) in [6, 6.07) is 20.9. The van der Waals surface area contributed by atoms with Crippen LogP contribution in [-0.4, -0.2) is 24.1 Å². The standard InChI is InChI=1S/C20H17N3/c1-23(2)17-10-7-14(8-11-17)18-12-9-16-6-5-15-4-3-13-21-19(15)20(16)22-18/h3-13H,1-2H3. The number of rotatable bonds is 2. The van der Waals surface area contributed by atoms with Gasteiger partial charge in [0.1, 0.15) is 0 Å². The maximum absolute atomic E-state index is 4.87. The molecular weight excluding hydrogens is 282 g/mol. The molecule has 4 rings (SSSR count). The maximum atomic E-state index is 4.87. The minimum atomic E-state index is 0.955. The Hall–Kier alpha value is -2.94. The molecule has 0 aliphatic carbocycles. The largest absolute Gasteiger partial charge is 0.378 e. The third-order valence-corrected chi connectivity index (χ3v) is 4.11. The van der Waals surface area contributed by atoms with Gasteiger partial charge in [-0.25, -0.2) is 4.98 Å². The second-order valence-corrected chi connectivity index (χ2v) is 5.85. The first-order valence-electron chi connectivity index (χ1n) is 7.65. The topological polar surface area (TPSA) is 29.0 Å². The average Bonchev–Trinajstić information content (AvgIpc) is 2.61. The first kappa shape index (κ1) is 13.7. The Morgan fingerprint density at radius 1 is 0.739 bits per heavy atom. The smallest absolute Gasteiger partial charge is 0.0972 e. The van der Waals surface area contributed by atoms with Gasteiger partial charge in [0.15, 0.2) is 0 Å². The first-order chi connectivity index (χ1) is 11.2. The fourth-order valence-corrected chi connectivity index (χ4v) is 2.81. The van der Waals surface area contributed by atoms with Crippen molar-refractivity contribution in [3.8, 4) is 11.3 Å². The van der Waals surface area contributed by atoms with E-state index >= 15 is 0 Å². The number of hydrogen-bond acceptors (Lipinski definition) is 3. The highest BCUT2D eigenvalue weighted by Gasteiger charge is 2.06. The molecule has 0 saturated heterocycles. The van der Waals surface area contributed by atoms with Gasteiger partial charge < -0.3 is 4.90 Å². The molecule has 0 fully saturated rings. The van der Waals surface area contributed by atoms with Crippen LogP contribution in [0.15, 0.2) is 66.9 Å². The minimum absolute atomic E-state index is 0.955. The Labute approximate surface area is 135 Å². The Morgan fingerprint density at radius 3 is 2.17 bits per heavy atom. The van der Waals surface area contributed by atoms with Crippen LogP contribution in [0.4, 0.5) is 5.69 Å². The molecule has 2 aromatic carbocycles. The van der Waals surface area contributed by atoms with Crippen LogP contribution in [0.25, 0.3) is 33.1 Å². The average molecular weight is 299 g/mol. The highest BCUT2D eigenvalue weighted by atomic mass is 15.1. The normalized spacial score (nSPS) is 11.0. The van der Waals surface area contributed by atoms with Gasteiger partial charge in [0, 0.05) is 42.3 Å². The summed E-state index contributed by atoms with van der Waals surface area (Å²) in [4.78, 5) is 11.5. The fraction of sp³-hybridized carbons (Fsp3) is 0.100. The van der Waals surface area contributed by atoms with E-state index in [1.807, 2.05) is 26.4 Å². The molecule has 0 radical (unpaired) electrons. The molecule has 3 nitrogen and oxygen atoms in total. The van der Waals surface area contributed by atoms with Crippen LogP contribution in [0.2, 0.25) is 0 Å². The van der Waals surface area contributed by atoms with Crippen molar-refractivity contribution in [3.63, 3.8) is 0 Å². The van der Waals surface area contributed by atoms with Gasteiger partial charge >= 0.3 is 0 Å². The van der Waals surface area contributed by atoms with E-state index in [2.05, 4.69) is 64.5 Å². The lowest BCUT2D eigenvalue weighted by atomic mass is 10.1. The van der Waals surface area contributed by atoms with Gasteiger partial charge in [-0.2, -0.15) is 0 Å². The van der Waals surface area contributed by atoms with E-state index in [-0.39, 0.29) is 0 Å². The number of fused-ring (bicyclic) bond motifs is 3. The Balaban J connectivity index is 1.89. The van der Waals surface area contributed by atoms with Crippen LogP contribution < -0.4 is 4.90 Å². The predicted molar refractivity (Wildman–Crippen MR) is 96.8 cm³/mol. The lowest BCUT2D eigenvalue weighted by molar-refractivity contribution is 1.13. The van der Waals surface area contributed by atoms with Crippen molar-refractivity contribution in [1.29, 1.82) is 0 Å². The van der Waals surface area contributed by atoms with E-state index in [1.54, 1.807) is 0 Å². The van der Waals surface area contributed by atoms with Crippen LogP contribution in [0.1, 0.15) is 0 Å². The Kier molecular flexibility index (Phi) is 3.19. The van der Waals surface area contributed by atoms with Gasteiger partial charge in [0.2, 0.25) is 0 Å². The van der Waals surface area contributed by atoms with Gasteiger partial charge in [0.25, 0.3) is 0 Å². The van der Waals surface area contributed by atoms with E-state index in [0.29, 0.717) is 0 Å². The zero-order chi connectivity index (χ0) is 15.8. The molecule has 2 heterocycles. The second kappa shape index (κ2) is 5.36. The third-order valence-electron chi connectivity index (χ3n) is 4.11. The molecule has 23 heavy (non-hydrogen) atoms. The highest BCUT2D eigenvalue weighted by molar-refractivity contribution is 6.03. The number of benzene rings is 2. The molecule has 2 aromatic heterocycles. The summed E-state index contributed by atoms with van der Waals surface area (Å²) in [5.74, 6) is 0. The molecule has 0 N–H and O–H groups in total. The van der Waals surface area contributed by atoms with Crippen molar-refractivity contribution in [2.24, 2.45) is 0 Å². The van der Waals surface area contributed by atoms with Crippen LogP contribution in [0.3, 0.4) is 0 Å². The van der Waals surface area contributed by atoms with Crippen LogP contribution in [0, 0.1) is 0 Å². The quantitative estimate of drug-likeness (QED) is 0.510. The van der Waals surface area contributed by atoms with Gasteiger partial charge in [-0.3, -0.25) is 4.98 Å². The van der Waals surface area contributed by atoms with E-state index in [1.165, 1.54) is 5.69 Å². The monoisotopic (exact) mass is 299 g/mol. The molecule has 0 atom stereocenters. The Bertz CT molecular complexity index is 988. The number of pyridine rings is 2. The lowest BCUT2D eigenvalue weighted by Crippen LogP contribution is -2.07. The summed E-state index contributed by atoms with van der Waals surface area (Å²) in [5, 5.41) is 2.23. The van der Waals surface area contributed by atoms with Crippen LogP contribution >= 0.6 is 0 Å². The van der Waals surface area contributed by atoms with E-state index < -0.39 is 0 Å². The highest BCUT2D eigenvalue weighted by Crippen LogP contribution is 2.26. The summed E-state index contributed by atoms with van der Waals surface area (Å²) < 4.78 is 0. The predicted octanol–water partition coefficient (Wildman–Crippen LogP) is 4.52. The lowest BCUT2D eigenvalue weighted by Gasteiger charge is -2.12. The van der Waals surface area contributed by atoms with Gasteiger partial charge in [-0.05, 0) is 24.3 Å². The summed E-state index contributed by atoms with van der Waals surface area (Å²) in [7, 11) is 4.09. The van der Waals surface area contributed by atoms with Gasteiger partial charge in [0.05, 0.1) is 16.7 Å². The molecule has 4 aromatic rings. The second-order valence-electron chi connectivity index (χ2n) is 5.85. The van der Waals surface area contributed by atoms with Crippen molar-refractivity contribution in [1.82, 2.24) is 9.97 Å². The molecule has 0 bridgehead atoms. The summed E-state index contributed by atoms with van der Waals surface area (Å²) >= 11 is 0. The molecule has 0 aliphatic rings. The molecule has 112 valence electrons. The molecule has 3 heteroatoms. The molecule has 0 amide bonds. The number of aromatic nitrogens is 2. The molecule has 0 spiro atoms. The summed E-state index contributed by atoms with van der Waals surface area (Å²) in [6.45, 7) is 0. The van der Waals surface area contributed by atoms with Crippen molar-refractivity contribution in [3.05, 3.63) is 66.9 Å². The fourth-order valence-electron chi connectivity index (χ4n) is 2.81. The van der Waals surface area contributed by atoms with E-state index in [0.717, 1.165) is 33.1 Å². The third kappa shape index (κ3) is 2.40. The zero-order valence-corrected chi connectivity index (χ0v) is 13.2. The molecule has 0 aliphatic heterocycles. The van der Waals surface area contributed by atoms with Gasteiger partial charge in [-0.15, -0.1) is 0 Å². The number of anilines is 1. The molecule has 0 saturated carbocycles. The van der Waals surface area contributed by atoms with E-state index in [9.17, 15) is 0 Å². The first-order valence-corrected chi connectivity index (χ1v) is 7.65. The summed E-state index contributed by atoms with van der Waals surface area (Å²) in [6.07, 6.45) is 1.82. The maximum Gasteiger partial charge on any atom is 0.0972 e. The van der Waals surface area contributed by atoms with Crippen molar-refractivity contribution >= 4 is 27.5 Å². The Morgan fingerprint density at radius 2 is 1.43 bits per heavy atom. The van der Waals surface area contributed by atoms with Crippen molar-refractivity contribution in [2.75, 3.05) is 19.0 Å². The molecular formula is C20H17N3. The zero-order valence-electron chi connectivity index (χ0n) is 13.2. The minimum Gasteiger partial charge on any atom is -0.378 e. The number of hydrogen-bond donors (Lipinski definition) is 0. The van der Waals surface area contributed by atoms with Crippen molar-refractivity contribution in [2.45, 2.75) is 0 Å². The van der Waals surface area contributed by atoms with Crippen LogP contribution in [0.5, 0.6) is 0 Å². The van der Waals surface area contributed by atoms with Gasteiger partial charge in [-0.1, -0.05) is 36.4 Å². The molecule has 0 unspecified atom stereocenters.